The highest BCUT2D eigenvalue weighted by atomic mass is 32.2. The van der Waals surface area contributed by atoms with Crippen molar-refractivity contribution in [1.82, 2.24) is 4.90 Å². The molecular formula is C18H17NO2S2. The first kappa shape index (κ1) is 16.0. The topological polar surface area (TPSA) is 29.5 Å². The van der Waals surface area contributed by atoms with Crippen LogP contribution in [0.4, 0.5) is 0 Å². The Kier molecular flexibility index (Phi) is 4.68. The SMILES string of the molecule is COc1ccc(C(c2ccccc2)N2C(=O)C(C)SC2=S)cc1. The summed E-state index contributed by atoms with van der Waals surface area (Å²) in [6, 6.07) is 17.6. The van der Waals surface area contributed by atoms with Crippen molar-refractivity contribution in [3.63, 3.8) is 0 Å². The Morgan fingerprint density at radius 1 is 1.09 bits per heavy atom. The molecule has 5 heteroatoms. The fourth-order valence-electron chi connectivity index (χ4n) is 2.69. The van der Waals surface area contributed by atoms with Gasteiger partial charge in [0, 0.05) is 0 Å². The number of ether oxygens (including phenoxy) is 1. The fraction of sp³-hybridized carbons (Fsp3) is 0.222. The van der Waals surface area contributed by atoms with Crippen LogP contribution in [0.25, 0.3) is 0 Å². The van der Waals surface area contributed by atoms with Crippen LogP contribution in [-0.4, -0.2) is 27.5 Å². The highest BCUT2D eigenvalue weighted by molar-refractivity contribution is 8.24. The molecule has 0 spiro atoms. The first-order valence-corrected chi connectivity index (χ1v) is 8.63. The largest absolute Gasteiger partial charge is 0.497 e. The molecule has 3 nitrogen and oxygen atoms in total. The summed E-state index contributed by atoms with van der Waals surface area (Å²) < 4.78 is 5.86. The lowest BCUT2D eigenvalue weighted by Crippen LogP contribution is -2.35. The third-order valence-electron chi connectivity index (χ3n) is 3.86. The Labute approximate surface area is 145 Å². The number of thioether (sulfide) groups is 1. The maximum atomic E-state index is 12.6. The summed E-state index contributed by atoms with van der Waals surface area (Å²) >= 11 is 6.91. The summed E-state index contributed by atoms with van der Waals surface area (Å²) in [7, 11) is 1.64. The van der Waals surface area contributed by atoms with Gasteiger partial charge in [-0.3, -0.25) is 9.69 Å². The molecule has 1 aliphatic heterocycles. The second-order valence-corrected chi connectivity index (χ2v) is 7.30. The van der Waals surface area contributed by atoms with Crippen LogP contribution in [0, 0.1) is 0 Å². The second kappa shape index (κ2) is 6.72. The molecule has 1 amide bonds. The number of carbonyl (C=O) groups excluding carboxylic acids is 1. The van der Waals surface area contributed by atoms with E-state index >= 15 is 0 Å². The van der Waals surface area contributed by atoms with Gasteiger partial charge in [-0.05, 0) is 30.2 Å². The average molecular weight is 343 g/mol. The molecule has 2 atom stereocenters. The summed E-state index contributed by atoms with van der Waals surface area (Å²) in [6.45, 7) is 1.90. The van der Waals surface area contributed by atoms with Crippen LogP contribution in [0.1, 0.15) is 24.1 Å². The molecule has 0 radical (unpaired) electrons. The molecule has 1 fully saturated rings. The number of thiocarbonyl (C=S) groups is 1. The zero-order chi connectivity index (χ0) is 16.4. The number of hydrogen-bond acceptors (Lipinski definition) is 4. The molecular weight excluding hydrogens is 326 g/mol. The maximum Gasteiger partial charge on any atom is 0.242 e. The van der Waals surface area contributed by atoms with E-state index in [9.17, 15) is 4.79 Å². The number of nitrogens with zero attached hydrogens (tertiary/aromatic N) is 1. The number of carbonyl (C=O) groups is 1. The van der Waals surface area contributed by atoms with Crippen molar-refractivity contribution in [3.8, 4) is 5.75 Å². The quantitative estimate of drug-likeness (QED) is 0.784. The summed E-state index contributed by atoms with van der Waals surface area (Å²) in [5.74, 6) is 0.850. The van der Waals surface area contributed by atoms with Crippen molar-refractivity contribution in [2.24, 2.45) is 0 Å². The van der Waals surface area contributed by atoms with Crippen molar-refractivity contribution in [1.29, 1.82) is 0 Å². The first-order chi connectivity index (χ1) is 11.1. The molecule has 2 unspecified atom stereocenters. The summed E-state index contributed by atoms with van der Waals surface area (Å²) in [5, 5.41) is -0.132. The van der Waals surface area contributed by atoms with Crippen molar-refractivity contribution in [2.45, 2.75) is 18.2 Å². The maximum absolute atomic E-state index is 12.6. The summed E-state index contributed by atoms with van der Waals surface area (Å²) in [4.78, 5) is 14.4. The van der Waals surface area contributed by atoms with Crippen LogP contribution in [-0.2, 0) is 4.79 Å². The van der Waals surface area contributed by atoms with Gasteiger partial charge in [0.05, 0.1) is 18.4 Å². The minimum absolute atomic E-state index is 0.0599. The molecule has 3 rings (SSSR count). The van der Waals surface area contributed by atoms with E-state index in [4.69, 9.17) is 17.0 Å². The van der Waals surface area contributed by atoms with E-state index in [2.05, 4.69) is 0 Å². The number of benzene rings is 2. The Hall–Kier alpha value is -1.85. The van der Waals surface area contributed by atoms with Crippen molar-refractivity contribution in [2.75, 3.05) is 7.11 Å². The summed E-state index contributed by atoms with van der Waals surface area (Å²) in [6.07, 6.45) is 0. The lowest BCUT2D eigenvalue weighted by atomic mass is 9.97. The number of rotatable bonds is 4. The molecule has 0 N–H and O–H groups in total. The van der Waals surface area contributed by atoms with Crippen molar-refractivity contribution in [3.05, 3.63) is 65.7 Å². The van der Waals surface area contributed by atoms with E-state index in [1.54, 1.807) is 12.0 Å². The van der Waals surface area contributed by atoms with E-state index in [0.717, 1.165) is 16.9 Å². The fourth-order valence-corrected chi connectivity index (χ4v) is 4.14. The molecule has 0 saturated carbocycles. The van der Waals surface area contributed by atoms with Gasteiger partial charge in [-0.1, -0.05) is 66.4 Å². The van der Waals surface area contributed by atoms with Gasteiger partial charge in [0.25, 0.3) is 0 Å². The third kappa shape index (κ3) is 3.12. The monoisotopic (exact) mass is 343 g/mol. The lowest BCUT2D eigenvalue weighted by molar-refractivity contribution is -0.126. The van der Waals surface area contributed by atoms with Crippen LogP contribution in [0.5, 0.6) is 5.75 Å². The van der Waals surface area contributed by atoms with Crippen LogP contribution in [0.2, 0.25) is 0 Å². The highest BCUT2D eigenvalue weighted by Crippen LogP contribution is 2.38. The first-order valence-electron chi connectivity index (χ1n) is 7.34. The van der Waals surface area contributed by atoms with Gasteiger partial charge in [0.15, 0.2) is 0 Å². The predicted octanol–water partition coefficient (Wildman–Crippen LogP) is 4.03. The molecule has 0 aliphatic carbocycles. The van der Waals surface area contributed by atoms with Crippen LogP contribution in [0.15, 0.2) is 54.6 Å². The smallest absolute Gasteiger partial charge is 0.242 e. The molecule has 1 heterocycles. The predicted molar refractivity (Wildman–Crippen MR) is 97.8 cm³/mol. The second-order valence-electron chi connectivity index (χ2n) is 5.32. The summed E-state index contributed by atoms with van der Waals surface area (Å²) in [5.41, 5.74) is 2.06. The Morgan fingerprint density at radius 2 is 1.70 bits per heavy atom. The van der Waals surface area contributed by atoms with Gasteiger partial charge in [0.2, 0.25) is 5.91 Å². The molecule has 1 aliphatic rings. The third-order valence-corrected chi connectivity index (χ3v) is 5.30. The molecule has 118 valence electrons. The van der Waals surface area contributed by atoms with E-state index < -0.39 is 0 Å². The van der Waals surface area contributed by atoms with Crippen molar-refractivity contribution >= 4 is 34.2 Å². The van der Waals surface area contributed by atoms with E-state index in [0.29, 0.717) is 4.32 Å². The highest BCUT2D eigenvalue weighted by Gasteiger charge is 2.39. The van der Waals surface area contributed by atoms with Gasteiger partial charge < -0.3 is 4.74 Å². The average Bonchev–Trinajstić information content (AvgIpc) is 2.83. The molecule has 0 aromatic heterocycles. The zero-order valence-electron chi connectivity index (χ0n) is 12.9. The Morgan fingerprint density at radius 3 is 2.22 bits per heavy atom. The van der Waals surface area contributed by atoms with Crippen LogP contribution < -0.4 is 4.74 Å². The van der Waals surface area contributed by atoms with Gasteiger partial charge in [-0.25, -0.2) is 0 Å². The van der Waals surface area contributed by atoms with Crippen LogP contribution >= 0.6 is 24.0 Å². The standard InChI is InChI=1S/C18H17NO2S2/c1-12-17(20)19(18(22)23-12)16(13-6-4-3-5-7-13)14-8-10-15(21-2)11-9-14/h3-12,16H,1-2H3. The molecule has 23 heavy (non-hydrogen) atoms. The van der Waals surface area contributed by atoms with E-state index in [1.165, 1.54) is 11.8 Å². The van der Waals surface area contributed by atoms with Crippen LogP contribution in [0.3, 0.4) is 0 Å². The van der Waals surface area contributed by atoms with E-state index in [-0.39, 0.29) is 17.2 Å². The number of hydrogen-bond donors (Lipinski definition) is 0. The van der Waals surface area contributed by atoms with Gasteiger partial charge in [-0.15, -0.1) is 0 Å². The normalized spacial score (nSPS) is 19.0. The van der Waals surface area contributed by atoms with Gasteiger partial charge in [-0.2, -0.15) is 0 Å². The van der Waals surface area contributed by atoms with E-state index in [1.807, 2.05) is 61.5 Å². The Balaban J connectivity index is 2.07. The minimum Gasteiger partial charge on any atom is -0.497 e. The molecule has 2 aromatic rings. The van der Waals surface area contributed by atoms with Gasteiger partial charge >= 0.3 is 0 Å². The Bertz CT molecular complexity index is 716. The lowest BCUT2D eigenvalue weighted by Gasteiger charge is -2.28. The number of methoxy groups -OCH3 is 1. The molecule has 0 bridgehead atoms. The zero-order valence-corrected chi connectivity index (χ0v) is 14.6. The van der Waals surface area contributed by atoms with Gasteiger partial charge in [0.1, 0.15) is 10.1 Å². The van der Waals surface area contributed by atoms with Crippen molar-refractivity contribution < 1.29 is 9.53 Å². The molecule has 2 aromatic carbocycles. The minimum atomic E-state index is -0.209. The molecule has 1 saturated heterocycles. The number of amides is 1.